The van der Waals surface area contributed by atoms with E-state index < -0.39 is 0 Å². The minimum Gasteiger partial charge on any atom is -0.155 e. The van der Waals surface area contributed by atoms with Gasteiger partial charge < -0.3 is 0 Å². The molecule has 1 aromatic heterocycles. The summed E-state index contributed by atoms with van der Waals surface area (Å²) in [4.78, 5) is 0. The third-order valence-electron chi connectivity index (χ3n) is 1.61. The Morgan fingerprint density at radius 3 is 2.45 bits per heavy atom. The van der Waals surface area contributed by atoms with Crippen LogP contribution in [0.5, 0.6) is 0 Å². The lowest BCUT2D eigenvalue weighted by Gasteiger charge is -2.06. The molecule has 0 spiro atoms. The average molecular weight is 215 g/mol. The van der Waals surface area contributed by atoms with Crippen LogP contribution in [0.1, 0.15) is 31.0 Å². The first-order valence-electron chi connectivity index (χ1n) is 3.61. The predicted octanol–water partition coefficient (Wildman–Crippen LogP) is 2.67. The van der Waals surface area contributed by atoms with Gasteiger partial charge in [0, 0.05) is 0 Å². The van der Waals surface area contributed by atoms with Crippen LogP contribution in [0.4, 0.5) is 0 Å². The molecule has 0 saturated carbocycles. The summed E-state index contributed by atoms with van der Waals surface area (Å²) in [5, 5.41) is 7.89. The third kappa shape index (κ3) is 1.99. The van der Waals surface area contributed by atoms with E-state index in [9.17, 15) is 0 Å². The zero-order chi connectivity index (χ0) is 8.43. The van der Waals surface area contributed by atoms with E-state index in [2.05, 4.69) is 40.0 Å². The van der Waals surface area contributed by atoms with Crippen molar-refractivity contribution in [2.45, 2.75) is 26.7 Å². The minimum absolute atomic E-state index is 0.516. The van der Waals surface area contributed by atoms with Crippen molar-refractivity contribution >= 4 is 15.9 Å². The van der Waals surface area contributed by atoms with Crippen LogP contribution in [-0.4, -0.2) is 10.2 Å². The molecule has 0 unspecified atom stereocenters. The van der Waals surface area contributed by atoms with Crippen LogP contribution in [0.3, 0.4) is 0 Å². The van der Waals surface area contributed by atoms with Gasteiger partial charge in [-0.25, -0.2) is 0 Å². The molecule has 1 heterocycles. The number of nitrogens with zero attached hydrogens (tertiary/aromatic N) is 2. The van der Waals surface area contributed by atoms with E-state index in [1.165, 1.54) is 5.56 Å². The van der Waals surface area contributed by atoms with Gasteiger partial charge in [-0.1, -0.05) is 13.8 Å². The molecule has 0 radical (unpaired) electrons. The van der Waals surface area contributed by atoms with Gasteiger partial charge in [-0.05, 0) is 40.4 Å². The molecule has 0 atom stereocenters. The molecular weight excluding hydrogens is 204 g/mol. The molecule has 0 amide bonds. The van der Waals surface area contributed by atoms with Crippen LogP contribution in [0.2, 0.25) is 0 Å². The first-order chi connectivity index (χ1) is 5.11. The second-order valence-electron chi connectivity index (χ2n) is 2.86. The zero-order valence-electron chi connectivity index (χ0n) is 6.93. The summed E-state index contributed by atoms with van der Waals surface area (Å²) in [7, 11) is 0. The molecule has 1 aromatic rings. The van der Waals surface area contributed by atoms with Gasteiger partial charge in [0.2, 0.25) is 0 Å². The second kappa shape index (κ2) is 3.30. The molecule has 11 heavy (non-hydrogen) atoms. The van der Waals surface area contributed by atoms with Gasteiger partial charge in [0.1, 0.15) is 4.60 Å². The molecule has 0 bridgehead atoms. The largest absolute Gasteiger partial charge is 0.155 e. The Bertz CT molecular complexity index is 258. The Labute approximate surface area is 75.2 Å². The summed E-state index contributed by atoms with van der Waals surface area (Å²) in [5.74, 6) is 0.516. The lowest BCUT2D eigenvalue weighted by atomic mass is 10.0. The molecule has 60 valence electrons. The summed E-state index contributed by atoms with van der Waals surface area (Å²) in [6, 6.07) is 2.02. The van der Waals surface area contributed by atoms with Crippen molar-refractivity contribution in [2.75, 3.05) is 0 Å². The maximum absolute atomic E-state index is 4.00. The maximum atomic E-state index is 4.00. The maximum Gasteiger partial charge on any atom is 0.129 e. The number of aromatic nitrogens is 2. The molecule has 0 aliphatic heterocycles. The summed E-state index contributed by atoms with van der Waals surface area (Å²) < 4.78 is 0.812. The van der Waals surface area contributed by atoms with Gasteiger partial charge in [0.25, 0.3) is 0 Å². The normalized spacial score (nSPS) is 10.6. The summed E-state index contributed by atoms with van der Waals surface area (Å²) in [5.41, 5.74) is 2.27. The van der Waals surface area contributed by atoms with Gasteiger partial charge in [-0.2, -0.15) is 5.10 Å². The van der Waals surface area contributed by atoms with E-state index >= 15 is 0 Å². The summed E-state index contributed by atoms with van der Waals surface area (Å²) in [6.45, 7) is 6.28. The fourth-order valence-corrected chi connectivity index (χ4v) is 1.35. The molecule has 1 rings (SSSR count). The van der Waals surface area contributed by atoms with Crippen molar-refractivity contribution in [3.63, 3.8) is 0 Å². The lowest BCUT2D eigenvalue weighted by Crippen LogP contribution is -1.97. The van der Waals surface area contributed by atoms with Crippen molar-refractivity contribution in [3.05, 3.63) is 21.9 Å². The van der Waals surface area contributed by atoms with Gasteiger partial charge in [-0.15, -0.1) is 5.10 Å². The first-order valence-corrected chi connectivity index (χ1v) is 4.40. The number of halogens is 1. The highest BCUT2D eigenvalue weighted by Crippen LogP contribution is 2.19. The number of aryl methyl sites for hydroxylation is 1. The van der Waals surface area contributed by atoms with Gasteiger partial charge in [0.05, 0.1) is 5.69 Å². The molecule has 0 saturated heterocycles. The van der Waals surface area contributed by atoms with Gasteiger partial charge in [-0.3, -0.25) is 0 Å². The number of hydrogen-bond donors (Lipinski definition) is 0. The fraction of sp³-hybridized carbons (Fsp3) is 0.500. The zero-order valence-corrected chi connectivity index (χ0v) is 8.51. The molecule has 0 fully saturated rings. The van der Waals surface area contributed by atoms with E-state index in [1.54, 1.807) is 0 Å². The molecule has 0 aliphatic rings. The SMILES string of the molecule is Cc1nnc(Br)cc1C(C)C. The second-order valence-corrected chi connectivity index (χ2v) is 3.67. The van der Waals surface area contributed by atoms with Crippen molar-refractivity contribution in [3.8, 4) is 0 Å². The predicted molar refractivity (Wildman–Crippen MR) is 48.6 cm³/mol. The van der Waals surface area contributed by atoms with Crippen molar-refractivity contribution in [2.24, 2.45) is 0 Å². The molecule has 0 aliphatic carbocycles. The molecular formula is C8H11BrN2. The lowest BCUT2D eigenvalue weighted by molar-refractivity contribution is 0.813. The monoisotopic (exact) mass is 214 g/mol. The average Bonchev–Trinajstić information content (AvgIpc) is 1.94. The smallest absolute Gasteiger partial charge is 0.129 e. The summed E-state index contributed by atoms with van der Waals surface area (Å²) in [6.07, 6.45) is 0. The Kier molecular flexibility index (Phi) is 2.60. The number of rotatable bonds is 1. The third-order valence-corrected chi connectivity index (χ3v) is 2.00. The molecule has 2 nitrogen and oxygen atoms in total. The standard InChI is InChI=1S/C8H11BrN2/c1-5(2)7-4-8(9)11-10-6(7)3/h4-5H,1-3H3. The molecule has 0 aromatic carbocycles. The quantitative estimate of drug-likeness (QED) is 0.719. The molecule has 3 heteroatoms. The van der Waals surface area contributed by atoms with Gasteiger partial charge in [0.15, 0.2) is 0 Å². The van der Waals surface area contributed by atoms with Crippen LogP contribution in [0.25, 0.3) is 0 Å². The van der Waals surface area contributed by atoms with Crippen LogP contribution in [0.15, 0.2) is 10.7 Å². The topological polar surface area (TPSA) is 25.8 Å². The Balaban J connectivity index is 3.13. The fourth-order valence-electron chi connectivity index (χ4n) is 1.03. The van der Waals surface area contributed by atoms with E-state index in [0.29, 0.717) is 5.92 Å². The van der Waals surface area contributed by atoms with Crippen LogP contribution in [-0.2, 0) is 0 Å². The molecule has 0 N–H and O–H groups in total. The van der Waals surface area contributed by atoms with Crippen LogP contribution >= 0.6 is 15.9 Å². The highest BCUT2D eigenvalue weighted by molar-refractivity contribution is 9.10. The Morgan fingerprint density at radius 1 is 1.36 bits per heavy atom. The van der Waals surface area contributed by atoms with Crippen molar-refractivity contribution < 1.29 is 0 Å². The van der Waals surface area contributed by atoms with E-state index in [1.807, 2.05) is 13.0 Å². The number of hydrogen-bond acceptors (Lipinski definition) is 2. The van der Waals surface area contributed by atoms with Gasteiger partial charge >= 0.3 is 0 Å². The highest BCUT2D eigenvalue weighted by atomic mass is 79.9. The Morgan fingerprint density at radius 2 is 2.00 bits per heavy atom. The minimum atomic E-state index is 0.516. The van der Waals surface area contributed by atoms with Crippen molar-refractivity contribution in [1.29, 1.82) is 0 Å². The van der Waals surface area contributed by atoms with E-state index in [-0.39, 0.29) is 0 Å². The first kappa shape index (κ1) is 8.65. The van der Waals surface area contributed by atoms with E-state index in [4.69, 9.17) is 0 Å². The highest BCUT2D eigenvalue weighted by Gasteiger charge is 2.04. The van der Waals surface area contributed by atoms with Crippen LogP contribution < -0.4 is 0 Å². The summed E-state index contributed by atoms with van der Waals surface area (Å²) >= 11 is 3.29. The van der Waals surface area contributed by atoms with Crippen molar-refractivity contribution in [1.82, 2.24) is 10.2 Å². The Hall–Kier alpha value is -0.440. The van der Waals surface area contributed by atoms with Crippen LogP contribution in [0, 0.1) is 6.92 Å². The van der Waals surface area contributed by atoms with E-state index in [0.717, 1.165) is 10.3 Å².